The topological polar surface area (TPSA) is 40.2 Å². The molecule has 0 saturated carbocycles. The van der Waals surface area contributed by atoms with Gasteiger partial charge in [-0.1, -0.05) is 169 Å². The third kappa shape index (κ3) is 39.9. The predicted octanol–water partition coefficient (Wildman–Crippen LogP) is 16.2. The van der Waals surface area contributed by atoms with E-state index in [1.54, 1.807) is 0 Å². The van der Waals surface area contributed by atoms with E-state index in [-0.39, 0.29) is 12.6 Å². The van der Waals surface area contributed by atoms with Crippen LogP contribution in [0.25, 0.3) is 0 Å². The Kier molecular flexibility index (Phi) is 41.2. The molecule has 0 aromatic carbocycles. The number of hydrogen-bond acceptors (Lipinski definition) is 5. The van der Waals surface area contributed by atoms with Gasteiger partial charge in [0.2, 0.25) is 0 Å². The highest BCUT2D eigenvalue weighted by Gasteiger charge is 2.21. The van der Waals surface area contributed by atoms with Gasteiger partial charge in [0.1, 0.15) is 0 Å². The van der Waals surface area contributed by atoms with Gasteiger partial charge < -0.3 is 22.7 Å². The van der Waals surface area contributed by atoms with Gasteiger partial charge in [-0.25, -0.2) is 0 Å². The van der Waals surface area contributed by atoms with Crippen LogP contribution in [0, 0.1) is 0 Å². The molecule has 0 spiro atoms. The molecule has 0 fully saturated rings. The highest BCUT2D eigenvalue weighted by atomic mass is 32.3. The number of ether oxygens (including phenoxy) is 2. The quantitative estimate of drug-likeness (QED) is 0.0451. The van der Waals surface area contributed by atoms with Gasteiger partial charge in [-0.2, -0.15) is 0 Å². The molecule has 0 aliphatic carbocycles. The van der Waals surface area contributed by atoms with E-state index in [0.717, 1.165) is 26.1 Å². The molecule has 5 nitrogen and oxygen atoms in total. The summed E-state index contributed by atoms with van der Waals surface area (Å²) in [5.41, 5.74) is 0. The maximum absolute atomic E-state index is 6.77. The average molecular weight is 837 g/mol. The van der Waals surface area contributed by atoms with Gasteiger partial charge in [-0.05, 0) is 121 Å². The van der Waals surface area contributed by atoms with Gasteiger partial charge in [-0.3, -0.25) is 0 Å². The molecule has 342 valence electrons. The van der Waals surface area contributed by atoms with Crippen molar-refractivity contribution in [1.82, 2.24) is 4.90 Å². The van der Waals surface area contributed by atoms with Gasteiger partial charge in [0.15, 0.2) is 12.6 Å². The van der Waals surface area contributed by atoms with E-state index < -0.39 is 20.6 Å². The van der Waals surface area contributed by atoms with Crippen molar-refractivity contribution >= 4 is 20.6 Å². The molecule has 56 heavy (non-hydrogen) atoms. The van der Waals surface area contributed by atoms with Crippen LogP contribution in [-0.4, -0.2) is 87.4 Å². The Labute approximate surface area is 357 Å². The molecule has 0 aromatic rings. The van der Waals surface area contributed by atoms with E-state index in [4.69, 9.17) is 17.8 Å². The van der Waals surface area contributed by atoms with Crippen LogP contribution in [0.5, 0.6) is 0 Å². The smallest absolute Gasteiger partial charge is 0.168 e. The molecule has 0 amide bonds. The molecule has 0 aromatic heterocycles. The highest BCUT2D eigenvalue weighted by molar-refractivity contribution is 8.29. The van der Waals surface area contributed by atoms with Crippen molar-refractivity contribution < 1.29 is 17.8 Å². The summed E-state index contributed by atoms with van der Waals surface area (Å²) in [4.78, 5) is 2.55. The summed E-state index contributed by atoms with van der Waals surface area (Å²) >= 11 is 0. The number of nitrogens with zero attached hydrogens (tertiary/aromatic N) is 1. The van der Waals surface area contributed by atoms with Crippen LogP contribution in [0.3, 0.4) is 0 Å². The highest BCUT2D eigenvalue weighted by Crippen LogP contribution is 2.45. The zero-order valence-corrected chi connectivity index (χ0v) is 41.6. The maximum atomic E-state index is 6.77. The van der Waals surface area contributed by atoms with Gasteiger partial charge >= 0.3 is 0 Å². The fourth-order valence-corrected chi connectivity index (χ4v) is 11.0. The fourth-order valence-electron chi connectivity index (χ4n) is 7.50. The van der Waals surface area contributed by atoms with Gasteiger partial charge in [0.05, 0.1) is 0 Å². The lowest BCUT2D eigenvalue weighted by molar-refractivity contribution is -0.0793. The van der Waals surface area contributed by atoms with E-state index in [1.165, 1.54) is 217 Å². The van der Waals surface area contributed by atoms with E-state index in [0.29, 0.717) is 0 Å². The van der Waals surface area contributed by atoms with Crippen LogP contribution in [0.2, 0.25) is 0 Å². The number of unbranched alkanes of at least 4 members (excludes halogenated alkanes) is 24. The largest absolute Gasteiger partial charge is 0.352 e. The molecule has 2 atom stereocenters. The van der Waals surface area contributed by atoms with E-state index in [9.17, 15) is 0 Å². The molecule has 0 radical (unpaired) electrons. The summed E-state index contributed by atoms with van der Waals surface area (Å²) in [5, 5.41) is 0. The zero-order valence-electron chi connectivity index (χ0n) is 39.9. The molecular weight excluding hydrogens is 731 g/mol. The standard InChI is InChI=1S/C49H105NO4S2/c1-10-14-18-22-26-36-44-51-48(53-55(6,7)46-38-28-24-20-16-12-3)40-32-30-34-42-50(5)43-35-31-33-41-49(52-45-37-27-23-19-15-11-2)54-56(8,9)47-39-29-25-21-17-13-4/h48-49H,10-47H2,1-9H3. The lowest BCUT2D eigenvalue weighted by atomic mass is 10.1. The first-order valence-corrected chi connectivity index (χ1v) is 29.9. The molecule has 0 bridgehead atoms. The number of rotatable bonds is 46. The van der Waals surface area contributed by atoms with Crippen molar-refractivity contribution in [2.45, 2.75) is 246 Å². The SMILES string of the molecule is CCCCCCCCOC(CCCCCN(C)CCCCCC(OCCCCCCCC)OS(C)(C)CCCCCCCC)OS(C)(C)CCCCCCCC. The average Bonchev–Trinajstić information content (AvgIpc) is 3.16. The minimum absolute atomic E-state index is 0.0289. The monoisotopic (exact) mass is 836 g/mol. The van der Waals surface area contributed by atoms with Crippen molar-refractivity contribution in [1.29, 1.82) is 0 Å². The molecule has 0 aliphatic rings. The van der Waals surface area contributed by atoms with Crippen LogP contribution in [0.4, 0.5) is 0 Å². The van der Waals surface area contributed by atoms with Gasteiger partial charge in [0, 0.05) is 13.2 Å². The maximum Gasteiger partial charge on any atom is 0.168 e. The van der Waals surface area contributed by atoms with E-state index in [2.05, 4.69) is 64.7 Å². The molecule has 0 aliphatic heterocycles. The van der Waals surface area contributed by atoms with E-state index in [1.807, 2.05) is 0 Å². The van der Waals surface area contributed by atoms with Crippen molar-refractivity contribution in [2.75, 3.05) is 69.9 Å². The zero-order chi connectivity index (χ0) is 41.4. The van der Waals surface area contributed by atoms with Crippen LogP contribution in [0.15, 0.2) is 0 Å². The summed E-state index contributed by atoms with van der Waals surface area (Å²) in [7, 11) is 0.152. The Hall–Kier alpha value is 0.500. The Morgan fingerprint density at radius 3 is 0.982 bits per heavy atom. The molecular formula is C49H105NO4S2. The first kappa shape index (κ1) is 56.5. The molecule has 0 saturated heterocycles. The summed E-state index contributed by atoms with van der Waals surface area (Å²) < 4.78 is 26.4. The second-order valence-electron chi connectivity index (χ2n) is 18.1. The van der Waals surface area contributed by atoms with Crippen molar-refractivity contribution in [2.24, 2.45) is 0 Å². The summed E-state index contributed by atoms with van der Waals surface area (Å²) in [5.74, 6) is 2.41. The van der Waals surface area contributed by atoms with Gasteiger partial charge in [0.25, 0.3) is 0 Å². The van der Waals surface area contributed by atoms with Crippen molar-refractivity contribution in [3.05, 3.63) is 0 Å². The Morgan fingerprint density at radius 2 is 0.643 bits per heavy atom. The summed E-state index contributed by atoms with van der Waals surface area (Å²) in [6, 6.07) is 0. The normalized spacial score (nSPS) is 14.2. The molecule has 0 N–H and O–H groups in total. The summed E-state index contributed by atoms with van der Waals surface area (Å²) in [6.07, 6.45) is 50.7. The van der Waals surface area contributed by atoms with Crippen LogP contribution < -0.4 is 0 Å². The second-order valence-corrected chi connectivity index (χ2v) is 25.1. The van der Waals surface area contributed by atoms with Gasteiger partial charge in [-0.15, -0.1) is 20.6 Å². The Balaban J connectivity index is 4.59. The lowest BCUT2D eigenvalue weighted by Gasteiger charge is -2.35. The van der Waals surface area contributed by atoms with Crippen molar-refractivity contribution in [3.63, 3.8) is 0 Å². The second kappa shape index (κ2) is 40.9. The first-order valence-electron chi connectivity index (χ1n) is 24.8. The van der Waals surface area contributed by atoms with E-state index >= 15 is 0 Å². The van der Waals surface area contributed by atoms with Crippen LogP contribution in [0.1, 0.15) is 233 Å². The Bertz CT molecular complexity index is 723. The first-order chi connectivity index (χ1) is 27.1. The minimum atomic E-state index is -1.08. The summed E-state index contributed by atoms with van der Waals surface area (Å²) in [6.45, 7) is 13.2. The fraction of sp³-hybridized carbons (Fsp3) is 1.00. The predicted molar refractivity (Wildman–Crippen MR) is 258 cm³/mol. The third-order valence-corrected chi connectivity index (χ3v) is 15.3. The third-order valence-electron chi connectivity index (χ3n) is 11.3. The molecule has 0 rings (SSSR count). The van der Waals surface area contributed by atoms with Crippen LogP contribution in [-0.2, 0) is 17.8 Å². The van der Waals surface area contributed by atoms with Crippen molar-refractivity contribution in [3.8, 4) is 0 Å². The lowest BCUT2D eigenvalue weighted by Crippen LogP contribution is -2.23. The molecule has 7 heteroatoms. The minimum Gasteiger partial charge on any atom is -0.352 e. The number of hydrogen-bond donors (Lipinski definition) is 0. The molecule has 2 unspecified atom stereocenters. The van der Waals surface area contributed by atoms with Crippen LogP contribution >= 0.6 is 20.6 Å². The molecule has 0 heterocycles. The Morgan fingerprint density at radius 1 is 0.357 bits per heavy atom.